The van der Waals surface area contributed by atoms with Crippen molar-refractivity contribution in [3.63, 3.8) is 0 Å². The fourth-order valence-electron chi connectivity index (χ4n) is 3.25. The van der Waals surface area contributed by atoms with Crippen LogP contribution in [0, 0.1) is 5.92 Å². The highest BCUT2D eigenvalue weighted by molar-refractivity contribution is 7.89. The van der Waals surface area contributed by atoms with Crippen LogP contribution in [0.4, 0.5) is 5.69 Å². The molecule has 4 rings (SSSR count). The molecule has 0 saturated heterocycles. The number of nitrogens with zero attached hydrogens (tertiary/aromatic N) is 2. The number of aromatic amines is 1. The van der Waals surface area contributed by atoms with Gasteiger partial charge in [0.2, 0.25) is 0 Å². The Bertz CT molecular complexity index is 1300. The molecule has 0 aliphatic rings. The van der Waals surface area contributed by atoms with Gasteiger partial charge in [0.25, 0.3) is 15.9 Å². The molecule has 0 saturated carbocycles. The number of H-pyrrole nitrogens is 1. The zero-order valence-electron chi connectivity index (χ0n) is 16.7. The van der Waals surface area contributed by atoms with Gasteiger partial charge >= 0.3 is 0 Å². The Balaban J connectivity index is 1.52. The summed E-state index contributed by atoms with van der Waals surface area (Å²) in [4.78, 5) is 15.6. The third-order valence-corrected chi connectivity index (χ3v) is 6.27. The van der Waals surface area contributed by atoms with Crippen LogP contribution in [-0.4, -0.2) is 28.5 Å². The van der Waals surface area contributed by atoms with Gasteiger partial charge in [-0.05, 0) is 60.4 Å². The summed E-state index contributed by atoms with van der Waals surface area (Å²) in [5.74, 6) is 0.0796. The fourth-order valence-corrected chi connectivity index (χ4v) is 4.40. The number of amides is 1. The minimum atomic E-state index is -3.90. The van der Waals surface area contributed by atoms with Crippen molar-refractivity contribution in [2.45, 2.75) is 25.2 Å². The highest BCUT2D eigenvalue weighted by Crippen LogP contribution is 2.20. The summed E-state index contributed by atoms with van der Waals surface area (Å²) >= 11 is 0. The van der Waals surface area contributed by atoms with Crippen LogP contribution in [0.2, 0.25) is 0 Å². The quantitative estimate of drug-likeness (QED) is 0.490. The predicted octanol–water partition coefficient (Wildman–Crippen LogP) is 4.05. The summed E-state index contributed by atoms with van der Waals surface area (Å²) in [5, 5.41) is 7.52. The van der Waals surface area contributed by atoms with Crippen molar-refractivity contribution >= 4 is 32.5 Å². The molecule has 2 N–H and O–H groups in total. The maximum absolute atomic E-state index is 12.9. The minimum Gasteiger partial charge on any atom is -0.361 e. The molecule has 0 aliphatic carbocycles. The molecule has 0 bridgehead atoms. The molecule has 0 fully saturated rings. The van der Waals surface area contributed by atoms with Crippen molar-refractivity contribution in [1.82, 2.24) is 14.2 Å². The van der Waals surface area contributed by atoms with Gasteiger partial charge in [-0.25, -0.2) is 0 Å². The smallest absolute Gasteiger partial charge is 0.282 e. The number of carbonyl (C=O) groups is 1. The zero-order chi connectivity index (χ0) is 21.3. The van der Waals surface area contributed by atoms with Gasteiger partial charge in [-0.1, -0.05) is 26.0 Å². The van der Waals surface area contributed by atoms with Gasteiger partial charge < -0.3 is 10.3 Å². The molecule has 1 amide bonds. The van der Waals surface area contributed by atoms with Crippen LogP contribution in [-0.2, 0) is 16.4 Å². The molecule has 0 atom stereocenters. The monoisotopic (exact) mass is 422 g/mol. The normalized spacial score (nSPS) is 11.8. The number of rotatable bonds is 6. The lowest BCUT2D eigenvalue weighted by molar-refractivity contribution is 0.102. The van der Waals surface area contributed by atoms with Crippen molar-refractivity contribution < 1.29 is 13.2 Å². The number of aromatic nitrogens is 3. The molecule has 2 heterocycles. The average molecular weight is 423 g/mol. The molecular weight excluding hydrogens is 400 g/mol. The third-order valence-electron chi connectivity index (χ3n) is 4.72. The first kappa shape index (κ1) is 19.9. The second-order valence-corrected chi connectivity index (χ2v) is 9.35. The molecule has 0 unspecified atom stereocenters. The van der Waals surface area contributed by atoms with Crippen molar-refractivity contribution in [1.29, 1.82) is 0 Å². The predicted molar refractivity (Wildman–Crippen MR) is 116 cm³/mol. The van der Waals surface area contributed by atoms with E-state index in [4.69, 9.17) is 0 Å². The van der Waals surface area contributed by atoms with Gasteiger partial charge in [0.05, 0.1) is 4.90 Å². The zero-order valence-corrected chi connectivity index (χ0v) is 17.5. The summed E-state index contributed by atoms with van der Waals surface area (Å²) in [7, 11) is -3.90. The molecule has 154 valence electrons. The maximum Gasteiger partial charge on any atom is 0.282 e. The summed E-state index contributed by atoms with van der Waals surface area (Å²) in [6, 6.07) is 15.5. The van der Waals surface area contributed by atoms with Crippen molar-refractivity contribution in [3.05, 3.63) is 78.2 Å². The number of anilines is 1. The minimum absolute atomic E-state index is 0.0209. The lowest BCUT2D eigenvalue weighted by Crippen LogP contribution is -2.17. The topological polar surface area (TPSA) is 96.9 Å². The highest BCUT2D eigenvalue weighted by atomic mass is 32.2. The summed E-state index contributed by atoms with van der Waals surface area (Å²) in [5.41, 5.74) is 2.68. The Labute approximate surface area is 174 Å². The van der Waals surface area contributed by atoms with E-state index < -0.39 is 15.9 Å². The van der Waals surface area contributed by atoms with E-state index >= 15 is 0 Å². The first-order chi connectivity index (χ1) is 14.3. The Morgan fingerprint density at radius 2 is 1.87 bits per heavy atom. The standard InChI is InChI=1S/C22H22N4O3S/c1-15(2)13-16-3-5-18(6-4-16)24-22(27)21-10-12-26(25-21)30(28,29)19-7-8-20-17(14-19)9-11-23-20/h3-12,14-15,23H,13H2,1-2H3,(H,24,27). The lowest BCUT2D eigenvalue weighted by Gasteiger charge is -2.07. The first-order valence-corrected chi connectivity index (χ1v) is 11.1. The van der Waals surface area contributed by atoms with Crippen molar-refractivity contribution in [3.8, 4) is 0 Å². The van der Waals surface area contributed by atoms with Crippen LogP contribution in [0.1, 0.15) is 29.9 Å². The van der Waals surface area contributed by atoms with Gasteiger partial charge in [-0.3, -0.25) is 4.79 Å². The van der Waals surface area contributed by atoms with E-state index in [2.05, 4.69) is 29.2 Å². The van der Waals surface area contributed by atoms with E-state index in [1.54, 1.807) is 24.4 Å². The van der Waals surface area contributed by atoms with Crippen LogP contribution in [0.5, 0.6) is 0 Å². The van der Waals surface area contributed by atoms with Gasteiger partial charge in [-0.2, -0.15) is 17.6 Å². The molecule has 2 aromatic carbocycles. The molecular formula is C22H22N4O3S. The number of hydrogen-bond donors (Lipinski definition) is 2. The van der Waals surface area contributed by atoms with Gasteiger partial charge in [-0.15, -0.1) is 0 Å². The van der Waals surface area contributed by atoms with Crippen LogP contribution in [0.3, 0.4) is 0 Å². The van der Waals surface area contributed by atoms with E-state index in [0.29, 0.717) is 11.6 Å². The molecule has 7 nitrogen and oxygen atoms in total. The molecule has 30 heavy (non-hydrogen) atoms. The highest BCUT2D eigenvalue weighted by Gasteiger charge is 2.20. The Morgan fingerprint density at radius 1 is 1.10 bits per heavy atom. The molecule has 0 aliphatic heterocycles. The second-order valence-electron chi connectivity index (χ2n) is 7.55. The van der Waals surface area contributed by atoms with Gasteiger partial charge in [0, 0.05) is 29.0 Å². The lowest BCUT2D eigenvalue weighted by atomic mass is 10.0. The average Bonchev–Trinajstić information content (AvgIpc) is 3.38. The molecule has 0 spiro atoms. The van der Waals surface area contributed by atoms with E-state index in [-0.39, 0.29) is 10.6 Å². The van der Waals surface area contributed by atoms with Crippen molar-refractivity contribution in [2.24, 2.45) is 5.92 Å². The maximum atomic E-state index is 12.9. The summed E-state index contributed by atoms with van der Waals surface area (Å²) < 4.78 is 26.6. The Kier molecular flexibility index (Phi) is 5.17. The number of fused-ring (bicyclic) bond motifs is 1. The number of carbonyl (C=O) groups excluding carboxylic acids is 1. The fraction of sp³-hybridized carbons (Fsp3) is 0.182. The molecule has 8 heteroatoms. The van der Waals surface area contributed by atoms with E-state index in [0.717, 1.165) is 21.4 Å². The molecule has 4 aromatic rings. The van der Waals surface area contributed by atoms with Crippen LogP contribution in [0.25, 0.3) is 10.9 Å². The van der Waals surface area contributed by atoms with E-state index in [1.807, 2.05) is 24.3 Å². The van der Waals surface area contributed by atoms with E-state index in [1.165, 1.54) is 23.9 Å². The first-order valence-electron chi connectivity index (χ1n) is 9.61. The van der Waals surface area contributed by atoms with Crippen LogP contribution in [0.15, 0.2) is 71.9 Å². The van der Waals surface area contributed by atoms with E-state index in [9.17, 15) is 13.2 Å². The van der Waals surface area contributed by atoms with Crippen LogP contribution >= 0.6 is 0 Å². The Hall–Kier alpha value is -3.39. The van der Waals surface area contributed by atoms with Gasteiger partial charge in [0.15, 0.2) is 5.69 Å². The molecule has 0 radical (unpaired) electrons. The summed E-state index contributed by atoms with van der Waals surface area (Å²) in [6.45, 7) is 4.30. The van der Waals surface area contributed by atoms with Crippen molar-refractivity contribution in [2.75, 3.05) is 5.32 Å². The number of hydrogen-bond acceptors (Lipinski definition) is 4. The number of nitrogens with one attached hydrogen (secondary N) is 2. The second kappa shape index (κ2) is 7.79. The Morgan fingerprint density at radius 3 is 2.60 bits per heavy atom. The largest absolute Gasteiger partial charge is 0.361 e. The van der Waals surface area contributed by atoms with Crippen LogP contribution < -0.4 is 5.32 Å². The van der Waals surface area contributed by atoms with Gasteiger partial charge in [0.1, 0.15) is 0 Å². The SMILES string of the molecule is CC(C)Cc1ccc(NC(=O)c2ccn(S(=O)(=O)c3ccc4[nH]ccc4c3)n2)cc1. The third kappa shape index (κ3) is 3.99. The number of benzene rings is 2. The summed E-state index contributed by atoms with van der Waals surface area (Å²) in [6.07, 6.45) is 3.98. The molecule has 2 aromatic heterocycles.